The van der Waals surface area contributed by atoms with Crippen LogP contribution < -0.4 is 11.1 Å². The average Bonchev–Trinajstić information content (AvgIpc) is 3.94. The molecule has 4 N–H and O–H groups in total. The summed E-state index contributed by atoms with van der Waals surface area (Å²) in [6.07, 6.45) is -1.06. The number of imide groups is 2. The van der Waals surface area contributed by atoms with Gasteiger partial charge in [0.05, 0.1) is 80.0 Å². The van der Waals surface area contributed by atoms with E-state index < -0.39 is 16.8 Å². The Morgan fingerprint density at radius 2 is 0.928 bits per heavy atom. The molecule has 467 valence electrons. The summed E-state index contributed by atoms with van der Waals surface area (Å²) in [5.41, 5.74) is 6.06. The molecule has 3 atom stereocenters. The molecule has 3 saturated heterocycles. The fraction of sp³-hybridized carbons (Fsp3) is 0.655. The monoisotopic (exact) mass is 1310 g/mol. The fourth-order valence-corrected chi connectivity index (χ4v) is 8.83. The standard InChI is InChI=1S/C21H29N3O5.C13H27N3O3.C11H22N2O3.C10H8BrNO2.C2H6O.CH3.Y/c1-21(2,3)29-20(27)22(4)13-15-14-23(11-12-28-15)9-10-24-18(25)16-7-5-6-8-17(16)19(24)26;1-13(2,3)19-12(17)15(4)9-11-10-16(6-5-14)7-8-18-11;1-11(2,3)16-10(14)13(4)8-9-7-12-5-6-15-9;11-5-6-12-9(13)7-3-1-2-4-8(7)10(12)14;1-2-3;;/h5-8,15H,9-14H2,1-4H3;11H,5-10,14H2,1-4H3;9,12H,5-8H2,1-4H3;1-4H,5-6H2;3H,2H2,1H3;1H3;/q;;;;;-1;/t15-;11-;9-;;;;/m110..../s1. The number of aliphatic hydroxyl groups excluding tert-OH is 1. The molecule has 0 spiro atoms. The molecule has 5 aliphatic rings. The van der Waals surface area contributed by atoms with Crippen molar-refractivity contribution in [2.24, 2.45) is 5.73 Å². The van der Waals surface area contributed by atoms with Gasteiger partial charge in [0, 0.05) is 138 Å². The number of rotatable bonds is 13. The molecule has 7 amide bonds. The third kappa shape index (κ3) is 27.4. The number of aliphatic hydroxyl groups is 1. The number of ether oxygens (including phenoxy) is 6. The molecular formula is C58H95BrN9O14Y-. The van der Waals surface area contributed by atoms with E-state index in [4.69, 9.17) is 39.3 Å². The van der Waals surface area contributed by atoms with Gasteiger partial charge in [0.1, 0.15) is 16.8 Å². The summed E-state index contributed by atoms with van der Waals surface area (Å²) in [5.74, 6) is -0.852. The largest absolute Gasteiger partial charge is 0.444 e. The van der Waals surface area contributed by atoms with Crippen LogP contribution in [0.1, 0.15) is 111 Å². The molecule has 5 heterocycles. The number of nitrogens with two attached hydrogens (primary N) is 1. The van der Waals surface area contributed by atoms with Crippen LogP contribution in [0.5, 0.6) is 0 Å². The number of nitrogens with zero attached hydrogens (tertiary/aromatic N) is 7. The van der Waals surface area contributed by atoms with Crippen LogP contribution in [0, 0.1) is 7.43 Å². The van der Waals surface area contributed by atoms with Crippen molar-refractivity contribution < 1.29 is 99.8 Å². The predicted molar refractivity (Wildman–Crippen MR) is 317 cm³/mol. The summed E-state index contributed by atoms with van der Waals surface area (Å²) in [5, 5.41) is 11.4. The van der Waals surface area contributed by atoms with E-state index in [2.05, 4.69) is 31.0 Å². The fourth-order valence-electron chi connectivity index (χ4n) is 8.48. The van der Waals surface area contributed by atoms with E-state index in [-0.39, 0.29) is 107 Å². The molecule has 3 fully saturated rings. The molecule has 25 heteroatoms. The predicted octanol–water partition coefficient (Wildman–Crippen LogP) is 5.33. The Morgan fingerprint density at radius 1 is 0.602 bits per heavy atom. The second-order valence-corrected chi connectivity index (χ2v) is 23.6. The topological polar surface area (TPSA) is 256 Å². The van der Waals surface area contributed by atoms with Gasteiger partial charge in [-0.1, -0.05) is 40.2 Å². The molecular weight excluding hydrogens is 1220 g/mol. The molecule has 83 heavy (non-hydrogen) atoms. The maximum Gasteiger partial charge on any atom is 0.410 e. The number of benzene rings is 2. The Bertz CT molecular complexity index is 2280. The molecule has 1 radical (unpaired) electrons. The molecule has 7 rings (SSSR count). The maximum atomic E-state index is 12.5. The normalized spacial score (nSPS) is 18.7. The summed E-state index contributed by atoms with van der Waals surface area (Å²) in [7, 11) is 5.15. The Hall–Kier alpha value is -4.21. The quantitative estimate of drug-likeness (QED) is 0.0991. The minimum Gasteiger partial charge on any atom is -0.444 e. The van der Waals surface area contributed by atoms with Crippen LogP contribution in [0.2, 0.25) is 0 Å². The third-order valence-electron chi connectivity index (χ3n) is 12.1. The van der Waals surface area contributed by atoms with E-state index >= 15 is 0 Å². The molecule has 5 aliphatic heterocycles. The van der Waals surface area contributed by atoms with E-state index in [0.717, 1.165) is 39.3 Å². The van der Waals surface area contributed by atoms with E-state index in [1.165, 1.54) is 14.7 Å². The van der Waals surface area contributed by atoms with Gasteiger partial charge in [-0.15, -0.1) is 0 Å². The summed E-state index contributed by atoms with van der Waals surface area (Å²) in [6.45, 7) is 29.6. The van der Waals surface area contributed by atoms with Crippen LogP contribution >= 0.6 is 15.9 Å². The summed E-state index contributed by atoms with van der Waals surface area (Å²) in [6, 6.07) is 13.8. The van der Waals surface area contributed by atoms with E-state index in [9.17, 15) is 33.6 Å². The Labute approximate surface area is 526 Å². The zero-order chi connectivity index (χ0) is 60.7. The van der Waals surface area contributed by atoms with Crippen LogP contribution in [-0.4, -0.2) is 261 Å². The van der Waals surface area contributed by atoms with Crippen LogP contribution in [0.25, 0.3) is 0 Å². The first-order valence-corrected chi connectivity index (χ1v) is 28.7. The van der Waals surface area contributed by atoms with Crippen molar-refractivity contribution in [3.05, 3.63) is 78.2 Å². The number of likely N-dealkylation sites (N-methyl/N-ethyl adjacent to an activating group) is 3. The minimum atomic E-state index is -0.544. The molecule has 23 nitrogen and oxygen atoms in total. The van der Waals surface area contributed by atoms with Crippen LogP contribution in [0.3, 0.4) is 0 Å². The Balaban J connectivity index is 0.000000561. The number of hydrogen-bond acceptors (Lipinski definition) is 18. The van der Waals surface area contributed by atoms with Crippen LogP contribution in [0.15, 0.2) is 48.5 Å². The zero-order valence-electron chi connectivity index (χ0n) is 51.7. The van der Waals surface area contributed by atoms with Crippen LogP contribution in [0.4, 0.5) is 14.4 Å². The van der Waals surface area contributed by atoms with Gasteiger partial charge in [-0.3, -0.25) is 38.8 Å². The van der Waals surface area contributed by atoms with Crippen molar-refractivity contribution >= 4 is 57.8 Å². The Morgan fingerprint density at radius 3 is 1.24 bits per heavy atom. The van der Waals surface area contributed by atoms with Gasteiger partial charge in [0.2, 0.25) is 0 Å². The number of carbonyl (C=O) groups excluding carboxylic acids is 7. The third-order valence-corrected chi connectivity index (χ3v) is 12.5. The average molecular weight is 1310 g/mol. The number of nitrogens with one attached hydrogen (secondary N) is 1. The number of hydrogen-bond donors (Lipinski definition) is 3. The van der Waals surface area contributed by atoms with Gasteiger partial charge in [-0.05, 0) is 93.5 Å². The summed E-state index contributed by atoms with van der Waals surface area (Å²) < 4.78 is 32.9. The van der Waals surface area contributed by atoms with Crippen molar-refractivity contribution in [1.29, 1.82) is 0 Å². The van der Waals surface area contributed by atoms with Crippen molar-refractivity contribution in [3.8, 4) is 0 Å². The van der Waals surface area contributed by atoms with E-state index in [0.29, 0.717) is 99.8 Å². The number of morpholine rings is 3. The number of amides is 7. The van der Waals surface area contributed by atoms with E-state index in [1.807, 2.05) is 62.3 Å². The number of halogens is 1. The number of carbonyl (C=O) groups is 7. The minimum absolute atomic E-state index is 0. The van der Waals surface area contributed by atoms with Crippen molar-refractivity contribution in [2.75, 3.05) is 145 Å². The van der Waals surface area contributed by atoms with Crippen LogP contribution in [-0.2, 0) is 61.1 Å². The summed E-state index contributed by atoms with van der Waals surface area (Å²) >= 11 is 3.21. The van der Waals surface area contributed by atoms with Gasteiger partial charge >= 0.3 is 18.3 Å². The van der Waals surface area contributed by atoms with Gasteiger partial charge in [-0.25, -0.2) is 14.4 Å². The zero-order valence-corrected chi connectivity index (χ0v) is 56.1. The molecule has 0 aromatic heterocycles. The first-order chi connectivity index (χ1) is 38.0. The number of alkyl halides is 1. The molecule has 2 aromatic rings. The van der Waals surface area contributed by atoms with Gasteiger partial charge < -0.3 is 66.7 Å². The molecule has 0 bridgehead atoms. The van der Waals surface area contributed by atoms with Gasteiger partial charge in [0.25, 0.3) is 23.6 Å². The first-order valence-electron chi connectivity index (χ1n) is 27.6. The first kappa shape index (κ1) is 76.8. The molecule has 0 saturated carbocycles. The molecule has 2 aromatic carbocycles. The Kier molecular flexibility index (Phi) is 34.6. The number of fused-ring (bicyclic) bond motifs is 2. The molecule has 0 aliphatic carbocycles. The van der Waals surface area contributed by atoms with Crippen molar-refractivity contribution in [3.63, 3.8) is 0 Å². The molecule has 0 unspecified atom stereocenters. The van der Waals surface area contributed by atoms with Gasteiger partial charge in [0.15, 0.2) is 0 Å². The second-order valence-electron chi connectivity index (χ2n) is 22.8. The SMILES string of the molecule is CCO.CN(C[C@@H]1CN(CCN)CCO1)C(=O)OC(C)(C)C.CN(C[C@@H]1CN(CCN2C(=O)c3ccccc3C2=O)CCO1)C(=O)OC(C)(C)C.CN(C[C@@H]1CNCCO1)C(=O)OC(C)(C)C.O=C1c2ccccc2C(=O)N1CCBr.[CH3-].[Y]. The van der Waals surface area contributed by atoms with Gasteiger partial charge in [-0.2, -0.15) is 0 Å². The van der Waals surface area contributed by atoms with Crippen molar-refractivity contribution in [2.45, 2.75) is 104 Å². The maximum absolute atomic E-state index is 12.5. The van der Waals surface area contributed by atoms with Crippen molar-refractivity contribution in [1.82, 2.24) is 39.6 Å². The smallest absolute Gasteiger partial charge is 0.410 e. The summed E-state index contributed by atoms with van der Waals surface area (Å²) in [4.78, 5) is 95.6. The second kappa shape index (κ2) is 37.4. The van der Waals surface area contributed by atoms with E-state index in [1.54, 1.807) is 86.4 Å².